The Kier molecular flexibility index (Phi) is 5.76. The van der Waals surface area contributed by atoms with Gasteiger partial charge in [-0.1, -0.05) is 5.16 Å². The van der Waals surface area contributed by atoms with Gasteiger partial charge in [-0.2, -0.15) is 0 Å². The van der Waals surface area contributed by atoms with E-state index in [9.17, 15) is 4.79 Å². The fourth-order valence-electron chi connectivity index (χ4n) is 1.87. The highest BCUT2D eigenvalue weighted by molar-refractivity contribution is 5.86. The van der Waals surface area contributed by atoms with Gasteiger partial charge in [-0.05, 0) is 25.7 Å². The first-order valence-corrected chi connectivity index (χ1v) is 5.95. The average Bonchev–Trinajstić information content (AvgIpc) is 2.36. The number of nitrogens with zero attached hydrogens (tertiary/aromatic N) is 2. The summed E-state index contributed by atoms with van der Waals surface area (Å²) in [6, 6.07) is 0. The lowest BCUT2D eigenvalue weighted by molar-refractivity contribution is -0.130. The lowest BCUT2D eigenvalue weighted by Crippen LogP contribution is -2.36. The average molecular weight is 243 g/mol. The maximum absolute atomic E-state index is 11.7. The molecule has 0 aromatic rings. The van der Waals surface area contributed by atoms with E-state index in [-0.39, 0.29) is 24.4 Å². The Hall–Kier alpha value is -1.30. The van der Waals surface area contributed by atoms with E-state index < -0.39 is 0 Å². The number of hydrogen-bond donors (Lipinski definition) is 2. The van der Waals surface area contributed by atoms with Crippen molar-refractivity contribution in [2.75, 3.05) is 20.2 Å². The van der Waals surface area contributed by atoms with Crippen LogP contribution in [0.1, 0.15) is 32.1 Å². The zero-order chi connectivity index (χ0) is 12.7. The molecule has 6 nitrogen and oxygen atoms in total. The molecule has 0 spiro atoms. The zero-order valence-electron chi connectivity index (χ0n) is 10.3. The smallest absolute Gasteiger partial charge is 0.222 e. The molecule has 3 N–H and O–H groups in total. The molecule has 1 heterocycles. The topological polar surface area (TPSA) is 88.1 Å². The second-order valence-corrected chi connectivity index (χ2v) is 4.37. The summed E-state index contributed by atoms with van der Waals surface area (Å²) in [7, 11) is 1.64. The molecule has 1 fully saturated rings. The number of ether oxygens (including phenoxy) is 1. The molecule has 0 bridgehead atoms. The Labute approximate surface area is 101 Å². The minimum atomic E-state index is -0.00854. The van der Waals surface area contributed by atoms with Gasteiger partial charge in [-0.25, -0.2) is 0 Å². The molecule has 0 aromatic carbocycles. The van der Waals surface area contributed by atoms with Crippen LogP contribution in [0.2, 0.25) is 0 Å². The van der Waals surface area contributed by atoms with Crippen LogP contribution in [0.5, 0.6) is 0 Å². The minimum Gasteiger partial charge on any atom is -0.409 e. The second-order valence-electron chi connectivity index (χ2n) is 4.37. The van der Waals surface area contributed by atoms with Crippen LogP contribution < -0.4 is 5.73 Å². The van der Waals surface area contributed by atoms with E-state index in [1.165, 1.54) is 11.3 Å². The predicted molar refractivity (Wildman–Crippen MR) is 63.9 cm³/mol. The number of oxime groups is 1. The number of amidine groups is 1. The number of carbonyl (C=O) groups excluding carboxylic acids is 1. The van der Waals surface area contributed by atoms with E-state index in [0.717, 1.165) is 25.9 Å². The molecule has 0 radical (unpaired) electrons. The summed E-state index contributed by atoms with van der Waals surface area (Å²) in [6.45, 7) is 0.958. The molecule has 1 saturated heterocycles. The molecule has 1 aliphatic rings. The molecule has 1 amide bonds. The van der Waals surface area contributed by atoms with Gasteiger partial charge >= 0.3 is 0 Å². The summed E-state index contributed by atoms with van der Waals surface area (Å²) in [5, 5.41) is 11.2. The van der Waals surface area contributed by atoms with Crippen LogP contribution in [0, 0.1) is 0 Å². The van der Waals surface area contributed by atoms with Crippen molar-refractivity contribution < 1.29 is 14.7 Å². The minimum absolute atomic E-state index is 0.00854. The van der Waals surface area contributed by atoms with Gasteiger partial charge in [-0.15, -0.1) is 0 Å². The van der Waals surface area contributed by atoms with Gasteiger partial charge in [0.25, 0.3) is 0 Å². The van der Waals surface area contributed by atoms with E-state index in [1.807, 2.05) is 0 Å². The van der Waals surface area contributed by atoms with Crippen LogP contribution in [-0.4, -0.2) is 48.2 Å². The van der Waals surface area contributed by atoms with Crippen molar-refractivity contribution in [1.29, 1.82) is 0 Å². The number of carbonyl (C=O) groups is 1. The highest BCUT2D eigenvalue weighted by Crippen LogP contribution is 2.17. The molecule has 1 unspecified atom stereocenters. The molecule has 1 rings (SSSR count). The molecule has 0 aliphatic carbocycles. The number of nitrogens with two attached hydrogens (primary N) is 1. The lowest BCUT2D eigenvalue weighted by Gasteiger charge is -2.23. The Morgan fingerprint density at radius 3 is 2.94 bits per heavy atom. The van der Waals surface area contributed by atoms with Gasteiger partial charge < -0.3 is 20.6 Å². The SMILES string of the molecule is CN(CC(N)=NO)C(=O)CCC1CCCCO1. The van der Waals surface area contributed by atoms with Crippen LogP contribution in [0.3, 0.4) is 0 Å². The van der Waals surface area contributed by atoms with Crippen molar-refractivity contribution in [2.24, 2.45) is 10.9 Å². The van der Waals surface area contributed by atoms with Gasteiger partial charge in [0.05, 0.1) is 12.6 Å². The molecule has 98 valence electrons. The van der Waals surface area contributed by atoms with E-state index in [2.05, 4.69) is 5.16 Å². The monoisotopic (exact) mass is 243 g/mol. The molecule has 6 heteroatoms. The number of likely N-dealkylation sites (N-methyl/N-ethyl adjacent to an activating group) is 1. The molecule has 1 aliphatic heterocycles. The van der Waals surface area contributed by atoms with Crippen LogP contribution in [0.15, 0.2) is 5.16 Å². The van der Waals surface area contributed by atoms with Gasteiger partial charge in [0.15, 0.2) is 5.84 Å². The lowest BCUT2D eigenvalue weighted by atomic mass is 10.0. The Balaban J connectivity index is 2.23. The molecule has 0 saturated carbocycles. The normalized spacial score (nSPS) is 21.2. The molecular weight excluding hydrogens is 222 g/mol. The third-order valence-corrected chi connectivity index (χ3v) is 2.91. The molecule has 17 heavy (non-hydrogen) atoms. The highest BCUT2D eigenvalue weighted by atomic mass is 16.5. The summed E-state index contributed by atoms with van der Waals surface area (Å²) >= 11 is 0. The highest BCUT2D eigenvalue weighted by Gasteiger charge is 2.17. The van der Waals surface area contributed by atoms with Gasteiger partial charge in [0.2, 0.25) is 5.91 Å². The van der Waals surface area contributed by atoms with Crippen molar-refractivity contribution in [1.82, 2.24) is 4.90 Å². The number of amides is 1. The summed E-state index contributed by atoms with van der Waals surface area (Å²) < 4.78 is 5.55. The van der Waals surface area contributed by atoms with Crippen molar-refractivity contribution in [2.45, 2.75) is 38.2 Å². The largest absolute Gasteiger partial charge is 0.409 e. The van der Waals surface area contributed by atoms with E-state index in [0.29, 0.717) is 6.42 Å². The van der Waals surface area contributed by atoms with Crippen LogP contribution in [0.4, 0.5) is 0 Å². The summed E-state index contributed by atoms with van der Waals surface area (Å²) in [6.07, 6.45) is 4.74. The van der Waals surface area contributed by atoms with Crippen molar-refractivity contribution in [3.05, 3.63) is 0 Å². The zero-order valence-corrected chi connectivity index (χ0v) is 10.3. The van der Waals surface area contributed by atoms with Gasteiger partial charge in [0, 0.05) is 20.1 Å². The first-order chi connectivity index (χ1) is 8.13. The predicted octanol–water partition coefficient (Wildman–Crippen LogP) is 0.540. The van der Waals surface area contributed by atoms with Crippen molar-refractivity contribution in [3.8, 4) is 0 Å². The van der Waals surface area contributed by atoms with Gasteiger partial charge in [0.1, 0.15) is 0 Å². The van der Waals surface area contributed by atoms with E-state index in [4.69, 9.17) is 15.7 Å². The van der Waals surface area contributed by atoms with E-state index in [1.54, 1.807) is 7.05 Å². The Morgan fingerprint density at radius 2 is 2.35 bits per heavy atom. The van der Waals surface area contributed by atoms with Crippen molar-refractivity contribution in [3.63, 3.8) is 0 Å². The van der Waals surface area contributed by atoms with Crippen LogP contribution >= 0.6 is 0 Å². The molecule has 0 aromatic heterocycles. The fourth-order valence-corrected chi connectivity index (χ4v) is 1.87. The summed E-state index contributed by atoms with van der Waals surface area (Å²) in [5.74, 6) is 0.0283. The first-order valence-electron chi connectivity index (χ1n) is 5.95. The quantitative estimate of drug-likeness (QED) is 0.319. The number of hydrogen-bond acceptors (Lipinski definition) is 4. The maximum atomic E-state index is 11.7. The Morgan fingerprint density at radius 1 is 1.59 bits per heavy atom. The maximum Gasteiger partial charge on any atom is 0.222 e. The van der Waals surface area contributed by atoms with Crippen LogP contribution in [0.25, 0.3) is 0 Å². The van der Waals surface area contributed by atoms with Crippen molar-refractivity contribution >= 4 is 11.7 Å². The third kappa shape index (κ3) is 5.04. The molecular formula is C11H21N3O3. The second kappa shape index (κ2) is 7.11. The van der Waals surface area contributed by atoms with E-state index >= 15 is 0 Å². The summed E-state index contributed by atoms with van der Waals surface area (Å²) in [4.78, 5) is 13.2. The first kappa shape index (κ1) is 13.8. The van der Waals surface area contributed by atoms with Crippen LogP contribution in [-0.2, 0) is 9.53 Å². The molecule has 1 atom stereocenters. The van der Waals surface area contributed by atoms with Gasteiger partial charge in [-0.3, -0.25) is 4.79 Å². The Bertz CT molecular complexity index is 275. The fraction of sp³-hybridized carbons (Fsp3) is 0.818. The third-order valence-electron chi connectivity index (χ3n) is 2.91. The number of rotatable bonds is 5. The summed E-state index contributed by atoms with van der Waals surface area (Å²) in [5.41, 5.74) is 5.33. The standard InChI is InChI=1S/C11H21N3O3/c1-14(8-10(12)13-16)11(15)6-5-9-4-2-3-7-17-9/h9,16H,2-8H2,1H3,(H2,12,13).